The number of hydrogen-bond acceptors (Lipinski definition) is 3. The topological polar surface area (TPSA) is 36.7 Å². The zero-order valence-electron chi connectivity index (χ0n) is 9.20. The van der Waals surface area contributed by atoms with Crippen LogP contribution in [0.2, 0.25) is 0 Å². The van der Waals surface area contributed by atoms with Gasteiger partial charge >= 0.3 is 0 Å². The molecule has 0 spiro atoms. The van der Waals surface area contributed by atoms with Gasteiger partial charge in [-0.25, -0.2) is 0 Å². The zero-order valence-corrected chi connectivity index (χ0v) is 10.1. The van der Waals surface area contributed by atoms with E-state index in [1.54, 1.807) is 6.20 Å². The van der Waals surface area contributed by atoms with E-state index in [9.17, 15) is 0 Å². The fraction of sp³-hybridized carbons (Fsp3) is 0.500. The Kier molecular flexibility index (Phi) is 4.64. The molecule has 0 radical (unpaired) electrons. The summed E-state index contributed by atoms with van der Waals surface area (Å²) in [4.78, 5) is 4.26. The van der Waals surface area contributed by atoms with Gasteiger partial charge < -0.3 is 0 Å². The maximum absolute atomic E-state index is 8.77. The van der Waals surface area contributed by atoms with Crippen molar-refractivity contribution < 1.29 is 0 Å². The summed E-state index contributed by atoms with van der Waals surface area (Å²) in [7, 11) is 0. The molecule has 0 aliphatic heterocycles. The Hall–Kier alpha value is -1.01. The Labute approximate surface area is 96.8 Å². The second kappa shape index (κ2) is 5.77. The lowest BCUT2D eigenvalue weighted by atomic mass is 10.1. The van der Waals surface area contributed by atoms with Crippen molar-refractivity contribution in [2.24, 2.45) is 0 Å². The summed E-state index contributed by atoms with van der Waals surface area (Å²) in [6, 6.07) is 4.10. The Balaban J connectivity index is 2.72. The Bertz CT molecular complexity index is 368. The molecule has 1 heterocycles. The van der Waals surface area contributed by atoms with Crippen molar-refractivity contribution in [1.82, 2.24) is 4.98 Å². The summed E-state index contributed by atoms with van der Waals surface area (Å²) < 4.78 is 0. The molecule has 15 heavy (non-hydrogen) atoms. The van der Waals surface area contributed by atoms with Crippen molar-refractivity contribution in [2.75, 3.05) is 0 Å². The van der Waals surface area contributed by atoms with Gasteiger partial charge in [-0.2, -0.15) is 17.9 Å². The van der Waals surface area contributed by atoms with Crippen molar-refractivity contribution in [2.45, 2.75) is 38.4 Å². The quantitative estimate of drug-likeness (QED) is 0.792. The third-order valence-corrected chi connectivity index (χ3v) is 2.80. The number of thiol groups is 1. The molecule has 1 atom stereocenters. The van der Waals surface area contributed by atoms with Crippen LogP contribution in [0.1, 0.15) is 36.6 Å². The Morgan fingerprint density at radius 1 is 1.60 bits per heavy atom. The van der Waals surface area contributed by atoms with Crippen molar-refractivity contribution in [3.8, 4) is 6.07 Å². The molecule has 0 saturated carbocycles. The van der Waals surface area contributed by atoms with Gasteiger partial charge in [-0.3, -0.25) is 4.98 Å². The van der Waals surface area contributed by atoms with Gasteiger partial charge in [0.05, 0.1) is 5.56 Å². The molecular weight excluding hydrogens is 204 g/mol. The normalized spacial score (nSPS) is 12.1. The summed E-state index contributed by atoms with van der Waals surface area (Å²) in [6.07, 6.45) is 4.77. The zero-order chi connectivity index (χ0) is 11.3. The van der Waals surface area contributed by atoms with Crippen LogP contribution in [0.15, 0.2) is 12.3 Å². The molecule has 0 amide bonds. The standard InChI is InChI=1S/C12H16N2S/c1-3-4-12(15)6-11-5-9(2)10(7-13)8-14-11/h5,8,12,15H,3-4,6H2,1-2H3. The molecule has 1 rings (SSSR count). The number of hydrogen-bond donors (Lipinski definition) is 1. The molecule has 3 heteroatoms. The molecule has 0 bridgehead atoms. The van der Waals surface area contributed by atoms with Crippen LogP contribution in [0.4, 0.5) is 0 Å². The fourth-order valence-corrected chi connectivity index (χ4v) is 1.96. The molecule has 1 unspecified atom stereocenters. The van der Waals surface area contributed by atoms with E-state index in [0.29, 0.717) is 10.8 Å². The minimum absolute atomic E-state index is 0.370. The van der Waals surface area contributed by atoms with E-state index < -0.39 is 0 Å². The molecule has 0 saturated heterocycles. The van der Waals surface area contributed by atoms with Crippen LogP contribution >= 0.6 is 12.6 Å². The molecule has 0 aliphatic carbocycles. The fourth-order valence-electron chi connectivity index (χ4n) is 1.52. The van der Waals surface area contributed by atoms with Gasteiger partial charge in [0.25, 0.3) is 0 Å². The maximum Gasteiger partial charge on any atom is 0.101 e. The summed E-state index contributed by atoms with van der Waals surface area (Å²) in [5.74, 6) is 0. The van der Waals surface area contributed by atoms with Gasteiger partial charge in [0.15, 0.2) is 0 Å². The Morgan fingerprint density at radius 3 is 2.87 bits per heavy atom. The molecule has 1 aromatic heterocycles. The van der Waals surface area contributed by atoms with Crippen LogP contribution in [0.3, 0.4) is 0 Å². The van der Waals surface area contributed by atoms with Gasteiger partial charge in [-0.1, -0.05) is 13.3 Å². The molecule has 1 aromatic rings. The number of nitriles is 1. The van der Waals surface area contributed by atoms with Gasteiger partial charge in [0.1, 0.15) is 6.07 Å². The average Bonchev–Trinajstić information content (AvgIpc) is 2.18. The first-order valence-corrected chi connectivity index (χ1v) is 5.72. The molecule has 0 aliphatic rings. The highest BCUT2D eigenvalue weighted by molar-refractivity contribution is 7.80. The third-order valence-electron chi connectivity index (χ3n) is 2.35. The number of nitrogens with zero attached hydrogens (tertiary/aromatic N) is 2. The van der Waals surface area contributed by atoms with Crippen molar-refractivity contribution in [1.29, 1.82) is 5.26 Å². The SMILES string of the molecule is CCCC(S)Cc1cc(C)c(C#N)cn1. The largest absolute Gasteiger partial charge is 0.260 e. The minimum Gasteiger partial charge on any atom is -0.260 e. The summed E-state index contributed by atoms with van der Waals surface area (Å²) in [6.45, 7) is 4.09. The van der Waals surface area contributed by atoms with E-state index in [1.807, 2.05) is 13.0 Å². The first-order chi connectivity index (χ1) is 7.17. The van der Waals surface area contributed by atoms with Crippen LogP contribution in [-0.2, 0) is 6.42 Å². The second-order valence-corrected chi connectivity index (χ2v) is 4.48. The van der Waals surface area contributed by atoms with Crippen LogP contribution in [0.25, 0.3) is 0 Å². The van der Waals surface area contributed by atoms with Crippen LogP contribution in [-0.4, -0.2) is 10.2 Å². The number of aromatic nitrogens is 1. The van der Waals surface area contributed by atoms with Crippen molar-refractivity contribution in [3.63, 3.8) is 0 Å². The van der Waals surface area contributed by atoms with Gasteiger partial charge in [0.2, 0.25) is 0 Å². The van der Waals surface area contributed by atoms with Gasteiger partial charge in [-0.05, 0) is 25.0 Å². The molecule has 80 valence electrons. The van der Waals surface area contributed by atoms with Crippen LogP contribution < -0.4 is 0 Å². The monoisotopic (exact) mass is 220 g/mol. The smallest absolute Gasteiger partial charge is 0.101 e. The van der Waals surface area contributed by atoms with E-state index in [-0.39, 0.29) is 0 Å². The van der Waals surface area contributed by atoms with E-state index in [2.05, 4.69) is 30.6 Å². The summed E-state index contributed by atoms with van der Waals surface area (Å²) in [5.41, 5.74) is 2.68. The number of rotatable bonds is 4. The van der Waals surface area contributed by atoms with Crippen LogP contribution in [0.5, 0.6) is 0 Å². The van der Waals surface area contributed by atoms with Gasteiger partial charge in [-0.15, -0.1) is 0 Å². The highest BCUT2D eigenvalue weighted by atomic mass is 32.1. The summed E-state index contributed by atoms with van der Waals surface area (Å²) in [5, 5.41) is 9.14. The lowest BCUT2D eigenvalue weighted by Crippen LogP contribution is -2.05. The van der Waals surface area contributed by atoms with E-state index >= 15 is 0 Å². The Morgan fingerprint density at radius 2 is 2.33 bits per heavy atom. The highest BCUT2D eigenvalue weighted by Crippen LogP contribution is 2.13. The van der Waals surface area contributed by atoms with Crippen molar-refractivity contribution in [3.05, 3.63) is 29.1 Å². The predicted molar refractivity (Wildman–Crippen MR) is 65.1 cm³/mol. The maximum atomic E-state index is 8.77. The summed E-state index contributed by atoms with van der Waals surface area (Å²) >= 11 is 4.50. The number of pyridine rings is 1. The first kappa shape index (κ1) is 12.1. The van der Waals surface area contributed by atoms with E-state index in [4.69, 9.17) is 5.26 Å². The average molecular weight is 220 g/mol. The number of aryl methyl sites for hydroxylation is 1. The molecule has 2 nitrogen and oxygen atoms in total. The van der Waals surface area contributed by atoms with Crippen LogP contribution in [0, 0.1) is 18.3 Å². The van der Waals surface area contributed by atoms with Crippen molar-refractivity contribution >= 4 is 12.6 Å². The third kappa shape index (κ3) is 3.56. The van der Waals surface area contributed by atoms with E-state index in [0.717, 1.165) is 30.5 Å². The van der Waals surface area contributed by atoms with E-state index in [1.165, 1.54) is 0 Å². The lowest BCUT2D eigenvalue weighted by Gasteiger charge is -2.09. The van der Waals surface area contributed by atoms with Gasteiger partial charge in [0, 0.05) is 23.6 Å². The molecular formula is C12H16N2S. The molecule has 0 N–H and O–H groups in total. The molecule has 0 fully saturated rings. The molecule has 0 aromatic carbocycles. The minimum atomic E-state index is 0.370. The predicted octanol–water partition coefficient (Wildman–Crippen LogP) is 2.90. The first-order valence-electron chi connectivity index (χ1n) is 5.21. The highest BCUT2D eigenvalue weighted by Gasteiger charge is 2.06. The lowest BCUT2D eigenvalue weighted by molar-refractivity contribution is 0.728. The second-order valence-electron chi connectivity index (χ2n) is 3.75.